The topological polar surface area (TPSA) is 47.0 Å². The first-order valence-electron chi connectivity index (χ1n) is 7.49. The number of ether oxygens (including phenoxy) is 1. The minimum Gasteiger partial charge on any atom is -0.372 e. The Kier molecular flexibility index (Phi) is 5.60. The molecule has 0 spiro atoms. The van der Waals surface area contributed by atoms with Crippen LogP contribution in [0.5, 0.6) is 0 Å². The van der Waals surface area contributed by atoms with E-state index < -0.39 is 0 Å². The Balaban J connectivity index is 2.45. The zero-order chi connectivity index (χ0) is 14.6. The Hall–Kier alpha value is -0.430. The van der Waals surface area contributed by atoms with Crippen LogP contribution >= 0.6 is 22.6 Å². The molecule has 112 valence electrons. The number of aromatic nitrogens is 2. The number of rotatable bonds is 4. The second-order valence-corrected chi connectivity index (χ2v) is 6.47. The van der Waals surface area contributed by atoms with E-state index in [0.29, 0.717) is 6.61 Å². The van der Waals surface area contributed by atoms with E-state index in [-0.39, 0.29) is 5.60 Å². The molecule has 0 bridgehead atoms. The molecule has 0 radical (unpaired) electrons. The molecule has 1 heterocycles. The third-order valence-corrected chi connectivity index (χ3v) is 5.28. The molecule has 0 unspecified atom stereocenters. The molecule has 1 fully saturated rings. The smallest absolute Gasteiger partial charge is 0.162 e. The normalized spacial score (nSPS) is 18.6. The number of nitrogens with one attached hydrogen (secondary N) is 1. The average Bonchev–Trinajstić information content (AvgIpc) is 2.68. The lowest BCUT2D eigenvalue weighted by molar-refractivity contribution is -0.0624. The fourth-order valence-corrected chi connectivity index (χ4v) is 3.45. The molecule has 0 aromatic carbocycles. The molecule has 1 N–H and O–H groups in total. The van der Waals surface area contributed by atoms with Crippen molar-refractivity contribution in [1.29, 1.82) is 0 Å². The second-order valence-electron chi connectivity index (χ2n) is 5.39. The number of hydrogen-bond acceptors (Lipinski definition) is 4. The largest absolute Gasteiger partial charge is 0.372 e. The number of nitrogens with zero attached hydrogens (tertiary/aromatic N) is 2. The van der Waals surface area contributed by atoms with Crippen molar-refractivity contribution in [2.24, 2.45) is 0 Å². The highest BCUT2D eigenvalue weighted by molar-refractivity contribution is 14.1. The molecule has 20 heavy (non-hydrogen) atoms. The monoisotopic (exact) mass is 389 g/mol. The third-order valence-electron chi connectivity index (χ3n) is 3.99. The first-order valence-corrected chi connectivity index (χ1v) is 8.57. The Bertz CT molecular complexity index is 457. The lowest BCUT2D eigenvalue weighted by Gasteiger charge is -2.31. The molecule has 0 atom stereocenters. The molecular weight excluding hydrogens is 365 g/mol. The van der Waals surface area contributed by atoms with Crippen LogP contribution in [-0.2, 0) is 10.3 Å². The summed E-state index contributed by atoms with van der Waals surface area (Å²) in [5.41, 5.74) is 0.745. The Morgan fingerprint density at radius 1 is 1.20 bits per heavy atom. The predicted molar refractivity (Wildman–Crippen MR) is 90.0 cm³/mol. The van der Waals surface area contributed by atoms with Crippen molar-refractivity contribution in [3.63, 3.8) is 0 Å². The second kappa shape index (κ2) is 7.02. The summed E-state index contributed by atoms with van der Waals surface area (Å²) in [6.07, 6.45) is 7.04. The van der Waals surface area contributed by atoms with E-state index in [0.717, 1.165) is 33.7 Å². The fourth-order valence-electron chi connectivity index (χ4n) is 2.94. The van der Waals surface area contributed by atoms with E-state index in [9.17, 15) is 0 Å². The van der Waals surface area contributed by atoms with Crippen molar-refractivity contribution in [2.45, 2.75) is 58.0 Å². The van der Waals surface area contributed by atoms with Gasteiger partial charge in [-0.1, -0.05) is 25.7 Å². The van der Waals surface area contributed by atoms with Gasteiger partial charge in [-0.15, -0.1) is 0 Å². The molecule has 0 amide bonds. The average molecular weight is 389 g/mol. The van der Waals surface area contributed by atoms with Crippen molar-refractivity contribution in [2.75, 3.05) is 19.0 Å². The Morgan fingerprint density at radius 2 is 1.85 bits per heavy atom. The SMILES string of the molecule is CCOC1(c2nc(C)c(I)c(NC)n2)CCCCCC1. The standard InChI is InChI=1S/C15H24IN3O/c1-4-20-15(9-7-5-6-8-10-15)14-18-11(2)12(16)13(17-3)19-14/h4-10H2,1-3H3,(H,17,18,19). The summed E-state index contributed by atoms with van der Waals surface area (Å²) in [7, 11) is 1.91. The van der Waals surface area contributed by atoms with E-state index >= 15 is 0 Å². The quantitative estimate of drug-likeness (QED) is 0.624. The van der Waals surface area contributed by atoms with Crippen LogP contribution in [0.3, 0.4) is 0 Å². The van der Waals surface area contributed by atoms with Crippen LogP contribution in [0.4, 0.5) is 5.82 Å². The van der Waals surface area contributed by atoms with Gasteiger partial charge in [0.25, 0.3) is 0 Å². The Morgan fingerprint density at radius 3 is 2.40 bits per heavy atom. The van der Waals surface area contributed by atoms with Crippen molar-refractivity contribution in [3.05, 3.63) is 15.1 Å². The van der Waals surface area contributed by atoms with Gasteiger partial charge in [0.05, 0.1) is 9.26 Å². The van der Waals surface area contributed by atoms with Gasteiger partial charge in [0.15, 0.2) is 5.82 Å². The first-order chi connectivity index (χ1) is 9.63. The summed E-state index contributed by atoms with van der Waals surface area (Å²) in [4.78, 5) is 9.51. The van der Waals surface area contributed by atoms with Crippen molar-refractivity contribution in [3.8, 4) is 0 Å². The van der Waals surface area contributed by atoms with Gasteiger partial charge >= 0.3 is 0 Å². The van der Waals surface area contributed by atoms with Crippen LogP contribution in [0.2, 0.25) is 0 Å². The fraction of sp³-hybridized carbons (Fsp3) is 0.733. The molecule has 1 aromatic rings. The van der Waals surface area contributed by atoms with Crippen molar-refractivity contribution >= 4 is 28.4 Å². The summed E-state index contributed by atoms with van der Waals surface area (Å²) >= 11 is 2.30. The van der Waals surface area contributed by atoms with Crippen molar-refractivity contribution < 1.29 is 4.74 Å². The van der Waals surface area contributed by atoms with Gasteiger partial charge in [0, 0.05) is 13.7 Å². The van der Waals surface area contributed by atoms with E-state index in [1.807, 2.05) is 14.0 Å². The highest BCUT2D eigenvalue weighted by Gasteiger charge is 2.37. The van der Waals surface area contributed by atoms with Gasteiger partial charge in [-0.2, -0.15) is 0 Å². The lowest BCUT2D eigenvalue weighted by atomic mass is 9.93. The summed E-state index contributed by atoms with van der Waals surface area (Å²) in [6, 6.07) is 0. The molecule has 2 rings (SSSR count). The van der Waals surface area contributed by atoms with Crippen LogP contribution in [-0.4, -0.2) is 23.6 Å². The number of aryl methyl sites for hydroxylation is 1. The lowest BCUT2D eigenvalue weighted by Crippen LogP contribution is -2.32. The van der Waals surface area contributed by atoms with E-state index in [2.05, 4.69) is 34.8 Å². The molecule has 1 aliphatic carbocycles. The highest BCUT2D eigenvalue weighted by Crippen LogP contribution is 2.38. The molecule has 4 nitrogen and oxygen atoms in total. The van der Waals surface area contributed by atoms with E-state index in [4.69, 9.17) is 14.7 Å². The third kappa shape index (κ3) is 3.24. The molecule has 5 heteroatoms. The van der Waals surface area contributed by atoms with Gasteiger partial charge in [0.2, 0.25) is 0 Å². The van der Waals surface area contributed by atoms with E-state index in [1.165, 1.54) is 25.7 Å². The van der Waals surface area contributed by atoms with Crippen LogP contribution in [0.1, 0.15) is 57.0 Å². The molecule has 1 aromatic heterocycles. The van der Waals surface area contributed by atoms with Gasteiger partial charge < -0.3 is 10.1 Å². The molecular formula is C15H24IN3O. The zero-order valence-corrected chi connectivity index (χ0v) is 14.8. The van der Waals surface area contributed by atoms with Crippen LogP contribution < -0.4 is 5.32 Å². The maximum absolute atomic E-state index is 6.18. The van der Waals surface area contributed by atoms with Crippen molar-refractivity contribution in [1.82, 2.24) is 9.97 Å². The maximum atomic E-state index is 6.18. The molecule has 0 saturated heterocycles. The maximum Gasteiger partial charge on any atom is 0.162 e. The minimum absolute atomic E-state index is 0.286. The number of hydrogen-bond donors (Lipinski definition) is 1. The zero-order valence-electron chi connectivity index (χ0n) is 12.6. The highest BCUT2D eigenvalue weighted by atomic mass is 127. The summed E-state index contributed by atoms with van der Waals surface area (Å²) in [5.74, 6) is 1.78. The number of anilines is 1. The van der Waals surface area contributed by atoms with Gasteiger partial charge in [-0.25, -0.2) is 9.97 Å². The molecule has 0 aliphatic heterocycles. The summed E-state index contributed by atoms with van der Waals surface area (Å²) in [6.45, 7) is 4.82. The van der Waals surface area contributed by atoms with Crippen LogP contribution in [0.25, 0.3) is 0 Å². The van der Waals surface area contributed by atoms with Crippen LogP contribution in [0.15, 0.2) is 0 Å². The van der Waals surface area contributed by atoms with E-state index in [1.54, 1.807) is 0 Å². The van der Waals surface area contributed by atoms with Gasteiger partial charge in [-0.05, 0) is 49.3 Å². The molecule has 1 saturated carbocycles. The summed E-state index contributed by atoms with van der Waals surface area (Å²) in [5, 5.41) is 3.18. The number of halogens is 1. The minimum atomic E-state index is -0.286. The van der Waals surface area contributed by atoms with Gasteiger partial charge in [-0.3, -0.25) is 0 Å². The molecule has 1 aliphatic rings. The Labute approximate surface area is 135 Å². The van der Waals surface area contributed by atoms with Gasteiger partial charge in [0.1, 0.15) is 11.4 Å². The first kappa shape index (κ1) is 15.9. The predicted octanol–water partition coefficient (Wildman–Crippen LogP) is 4.02. The van der Waals surface area contributed by atoms with Crippen LogP contribution in [0, 0.1) is 10.5 Å². The summed E-state index contributed by atoms with van der Waals surface area (Å²) < 4.78 is 7.27.